The number of nitrogens with zero attached hydrogens (tertiary/aromatic N) is 1. The number of aromatic hydroxyl groups is 1. The molecule has 0 saturated carbocycles. The molecule has 1 aromatic heterocycles. The van der Waals surface area contributed by atoms with Gasteiger partial charge < -0.3 is 15.7 Å². The zero-order chi connectivity index (χ0) is 19.4. The molecule has 0 atom stereocenters. The van der Waals surface area contributed by atoms with Crippen molar-refractivity contribution >= 4 is 56.4 Å². The number of benzene rings is 2. The van der Waals surface area contributed by atoms with E-state index in [-0.39, 0.29) is 11.3 Å². The molecule has 0 aliphatic carbocycles. The molecular weight excluding hydrogens is 453 g/mol. The van der Waals surface area contributed by atoms with Gasteiger partial charge in [0.15, 0.2) is 0 Å². The SMILES string of the molecule is O=C(Nc1ccc(NCc2cccc(Br)n2)cc1Cl)c1cc(Cl)ccc1O. The molecule has 3 N–H and O–H groups in total. The van der Waals surface area contributed by atoms with Crippen molar-refractivity contribution in [2.45, 2.75) is 6.54 Å². The lowest BCUT2D eigenvalue weighted by molar-refractivity contribution is 0.102. The van der Waals surface area contributed by atoms with Crippen LogP contribution in [0.15, 0.2) is 59.2 Å². The number of carbonyl (C=O) groups excluding carboxylic acids is 1. The van der Waals surface area contributed by atoms with Crippen molar-refractivity contribution in [2.24, 2.45) is 0 Å². The predicted molar refractivity (Wildman–Crippen MR) is 112 cm³/mol. The van der Waals surface area contributed by atoms with Gasteiger partial charge in [0.1, 0.15) is 10.4 Å². The minimum absolute atomic E-state index is 0.0708. The Kier molecular flexibility index (Phi) is 6.21. The third kappa shape index (κ3) is 5.13. The average Bonchev–Trinajstić information content (AvgIpc) is 2.64. The van der Waals surface area contributed by atoms with E-state index >= 15 is 0 Å². The van der Waals surface area contributed by atoms with Gasteiger partial charge in [-0.3, -0.25) is 4.79 Å². The standard InChI is InChI=1S/C19H14BrCl2N3O2/c20-18-3-1-2-13(24-18)10-23-12-5-6-16(15(22)9-12)25-19(27)14-8-11(21)4-7-17(14)26/h1-9,23,26H,10H2,(H,25,27). The highest BCUT2D eigenvalue weighted by Gasteiger charge is 2.13. The second-order valence-corrected chi connectivity index (χ2v) is 7.27. The Morgan fingerprint density at radius 2 is 1.93 bits per heavy atom. The number of phenols is 1. The first-order valence-corrected chi connectivity index (χ1v) is 9.42. The smallest absolute Gasteiger partial charge is 0.259 e. The minimum atomic E-state index is -0.504. The fourth-order valence-electron chi connectivity index (χ4n) is 2.35. The zero-order valence-corrected chi connectivity index (χ0v) is 16.9. The van der Waals surface area contributed by atoms with E-state index < -0.39 is 5.91 Å². The zero-order valence-electron chi connectivity index (χ0n) is 13.8. The fourth-order valence-corrected chi connectivity index (χ4v) is 3.13. The summed E-state index contributed by atoms with van der Waals surface area (Å²) in [6.45, 7) is 0.526. The van der Waals surface area contributed by atoms with Crippen LogP contribution in [0, 0.1) is 0 Å². The van der Waals surface area contributed by atoms with Crippen LogP contribution in [-0.4, -0.2) is 16.0 Å². The topological polar surface area (TPSA) is 74.2 Å². The summed E-state index contributed by atoms with van der Waals surface area (Å²) in [7, 11) is 0. The van der Waals surface area contributed by atoms with Crippen LogP contribution < -0.4 is 10.6 Å². The van der Waals surface area contributed by atoms with Gasteiger partial charge in [-0.1, -0.05) is 29.3 Å². The summed E-state index contributed by atoms with van der Waals surface area (Å²) in [5, 5.41) is 16.4. The summed E-state index contributed by atoms with van der Waals surface area (Å²) in [4.78, 5) is 16.7. The molecular formula is C19H14BrCl2N3O2. The quantitative estimate of drug-likeness (QED) is 0.420. The van der Waals surface area contributed by atoms with E-state index in [4.69, 9.17) is 23.2 Å². The third-order valence-corrected chi connectivity index (χ3v) is 4.66. The monoisotopic (exact) mass is 465 g/mol. The number of rotatable bonds is 5. The number of nitrogens with one attached hydrogen (secondary N) is 2. The van der Waals surface area contributed by atoms with E-state index in [1.807, 2.05) is 18.2 Å². The van der Waals surface area contributed by atoms with Crippen molar-refractivity contribution in [3.63, 3.8) is 0 Å². The molecule has 3 rings (SSSR count). The first-order chi connectivity index (χ1) is 12.9. The van der Waals surface area contributed by atoms with Gasteiger partial charge in [-0.15, -0.1) is 0 Å². The lowest BCUT2D eigenvalue weighted by Crippen LogP contribution is -2.12. The van der Waals surface area contributed by atoms with Crippen molar-refractivity contribution < 1.29 is 9.90 Å². The summed E-state index contributed by atoms with van der Waals surface area (Å²) >= 11 is 15.5. The molecule has 0 bridgehead atoms. The maximum Gasteiger partial charge on any atom is 0.259 e. The summed E-state index contributed by atoms with van der Waals surface area (Å²) in [5.41, 5.74) is 2.15. The third-order valence-electron chi connectivity index (χ3n) is 3.67. The molecule has 138 valence electrons. The number of carbonyl (C=O) groups is 1. The van der Waals surface area contributed by atoms with Crippen LogP contribution in [0.25, 0.3) is 0 Å². The summed E-state index contributed by atoms with van der Waals surface area (Å²) in [5.74, 6) is -0.663. The first-order valence-electron chi connectivity index (χ1n) is 7.87. The largest absolute Gasteiger partial charge is 0.507 e. The molecule has 1 amide bonds. The van der Waals surface area contributed by atoms with Crippen LogP contribution in [0.5, 0.6) is 5.75 Å². The van der Waals surface area contributed by atoms with Gasteiger partial charge in [0.05, 0.1) is 28.5 Å². The molecule has 3 aromatic rings. The Bertz CT molecular complexity index is 998. The maximum atomic E-state index is 12.4. The van der Waals surface area contributed by atoms with E-state index in [2.05, 4.69) is 31.5 Å². The van der Waals surface area contributed by atoms with E-state index in [1.165, 1.54) is 18.2 Å². The highest BCUT2D eigenvalue weighted by atomic mass is 79.9. The van der Waals surface area contributed by atoms with Crippen molar-refractivity contribution in [1.29, 1.82) is 0 Å². The first kappa shape index (κ1) is 19.5. The van der Waals surface area contributed by atoms with Crippen molar-refractivity contribution in [2.75, 3.05) is 10.6 Å². The van der Waals surface area contributed by atoms with Crippen molar-refractivity contribution in [3.8, 4) is 5.75 Å². The molecule has 27 heavy (non-hydrogen) atoms. The number of phenolic OH excluding ortho intramolecular Hbond substituents is 1. The summed E-state index contributed by atoms with van der Waals surface area (Å²) < 4.78 is 0.766. The van der Waals surface area contributed by atoms with Crippen LogP contribution >= 0.6 is 39.1 Å². The normalized spacial score (nSPS) is 10.5. The minimum Gasteiger partial charge on any atom is -0.507 e. The second-order valence-electron chi connectivity index (χ2n) is 5.62. The molecule has 0 aliphatic rings. The Morgan fingerprint density at radius 1 is 1.11 bits per heavy atom. The Balaban J connectivity index is 1.69. The molecule has 0 fully saturated rings. The molecule has 5 nitrogen and oxygen atoms in total. The van der Waals surface area contributed by atoms with Crippen LogP contribution in [0.1, 0.15) is 16.1 Å². The van der Waals surface area contributed by atoms with Crippen molar-refractivity contribution in [3.05, 3.63) is 80.5 Å². The Morgan fingerprint density at radius 3 is 2.67 bits per heavy atom. The van der Waals surface area contributed by atoms with Gasteiger partial charge in [-0.25, -0.2) is 4.98 Å². The van der Waals surface area contributed by atoms with Gasteiger partial charge >= 0.3 is 0 Å². The number of anilines is 2. The average molecular weight is 467 g/mol. The van der Waals surface area contributed by atoms with Crippen LogP contribution in [0.2, 0.25) is 10.0 Å². The van der Waals surface area contributed by atoms with Gasteiger partial charge in [-0.2, -0.15) is 0 Å². The van der Waals surface area contributed by atoms with Gasteiger partial charge in [0, 0.05) is 10.7 Å². The highest BCUT2D eigenvalue weighted by molar-refractivity contribution is 9.10. The second kappa shape index (κ2) is 8.61. The fraction of sp³-hybridized carbons (Fsp3) is 0.0526. The van der Waals surface area contributed by atoms with Gasteiger partial charge in [0.2, 0.25) is 0 Å². The number of pyridine rings is 1. The number of hydrogen-bond acceptors (Lipinski definition) is 4. The molecule has 0 aliphatic heterocycles. The number of hydrogen-bond donors (Lipinski definition) is 3. The molecule has 2 aromatic carbocycles. The number of halogens is 3. The Labute approximate surface area is 174 Å². The molecule has 1 heterocycles. The number of amides is 1. The lowest BCUT2D eigenvalue weighted by Gasteiger charge is -2.11. The van der Waals surface area contributed by atoms with Crippen LogP contribution in [-0.2, 0) is 6.54 Å². The summed E-state index contributed by atoms with van der Waals surface area (Å²) in [6.07, 6.45) is 0. The lowest BCUT2D eigenvalue weighted by atomic mass is 10.2. The summed E-state index contributed by atoms with van der Waals surface area (Å²) in [6, 6.07) is 15.1. The molecule has 0 radical (unpaired) electrons. The molecule has 8 heteroatoms. The van der Waals surface area contributed by atoms with E-state index in [1.54, 1.807) is 18.2 Å². The van der Waals surface area contributed by atoms with Crippen LogP contribution in [0.3, 0.4) is 0 Å². The van der Waals surface area contributed by atoms with Crippen LogP contribution in [0.4, 0.5) is 11.4 Å². The highest BCUT2D eigenvalue weighted by Crippen LogP contribution is 2.28. The number of aromatic nitrogens is 1. The van der Waals surface area contributed by atoms with E-state index in [9.17, 15) is 9.90 Å². The molecule has 0 spiro atoms. The van der Waals surface area contributed by atoms with Gasteiger partial charge in [-0.05, 0) is 64.5 Å². The van der Waals surface area contributed by atoms with E-state index in [0.717, 1.165) is 16.0 Å². The predicted octanol–water partition coefficient (Wildman–Crippen LogP) is 5.72. The maximum absolute atomic E-state index is 12.4. The van der Waals surface area contributed by atoms with E-state index in [0.29, 0.717) is 22.3 Å². The molecule has 0 unspecified atom stereocenters. The Hall–Kier alpha value is -2.28. The van der Waals surface area contributed by atoms with Gasteiger partial charge in [0.25, 0.3) is 5.91 Å². The molecule has 0 saturated heterocycles. The van der Waals surface area contributed by atoms with Crippen molar-refractivity contribution in [1.82, 2.24) is 4.98 Å².